The molecule has 10 heteroatoms. The number of halogens is 1. The van der Waals surface area contributed by atoms with E-state index in [1.807, 2.05) is 5.38 Å². The molecule has 1 aromatic carbocycles. The number of benzene rings is 1. The second kappa shape index (κ2) is 9.14. The van der Waals surface area contributed by atoms with Gasteiger partial charge < -0.3 is 10.3 Å². The number of hydrogen-bond donors (Lipinski definition) is 2. The van der Waals surface area contributed by atoms with Gasteiger partial charge >= 0.3 is 0 Å². The van der Waals surface area contributed by atoms with Gasteiger partial charge in [-0.3, -0.25) is 19.9 Å². The summed E-state index contributed by atoms with van der Waals surface area (Å²) < 4.78 is 15.5. The van der Waals surface area contributed by atoms with Crippen molar-refractivity contribution in [2.24, 2.45) is 10.8 Å². The van der Waals surface area contributed by atoms with E-state index in [4.69, 9.17) is 5.73 Å². The van der Waals surface area contributed by atoms with Gasteiger partial charge in [-0.1, -0.05) is 6.92 Å². The Bertz CT molecular complexity index is 1230. The Labute approximate surface area is 194 Å². The summed E-state index contributed by atoms with van der Waals surface area (Å²) in [6, 6.07) is 6.76. The SMILES string of the molecule is CCCn1c(C)cc(-c2csc(NC(=O)C3=NN(c4ccc(F)cc4)C(C(N)=O)C3)n2)c1C. The molecule has 1 aliphatic heterocycles. The topological polar surface area (TPSA) is 106 Å². The number of primary amides is 1. The van der Waals surface area contributed by atoms with Crippen LogP contribution in [0.5, 0.6) is 0 Å². The van der Waals surface area contributed by atoms with E-state index < -0.39 is 23.7 Å². The molecule has 0 saturated carbocycles. The van der Waals surface area contributed by atoms with Crippen molar-refractivity contribution in [1.82, 2.24) is 9.55 Å². The molecule has 1 atom stereocenters. The van der Waals surface area contributed by atoms with Crippen molar-refractivity contribution >= 4 is 39.7 Å². The number of thiazole rings is 1. The Morgan fingerprint density at radius 3 is 2.67 bits per heavy atom. The van der Waals surface area contributed by atoms with E-state index >= 15 is 0 Å². The molecule has 0 radical (unpaired) electrons. The van der Waals surface area contributed by atoms with Crippen LogP contribution in [0, 0.1) is 19.7 Å². The van der Waals surface area contributed by atoms with E-state index in [1.54, 1.807) is 0 Å². The number of aromatic nitrogens is 2. The van der Waals surface area contributed by atoms with Crippen LogP contribution in [0.1, 0.15) is 31.2 Å². The summed E-state index contributed by atoms with van der Waals surface area (Å²) in [4.78, 5) is 29.4. The zero-order valence-electron chi connectivity index (χ0n) is 18.6. The standard InChI is InChI=1S/C23H25FN6O2S/c1-4-9-29-13(2)10-17(14(29)3)19-12-33-23(26-19)27-22(32)18-11-20(21(25)31)30(28-18)16-7-5-15(24)6-8-16/h5-8,10,12,20H,4,9,11H2,1-3H3,(H2,25,31)(H,26,27,32). The Balaban J connectivity index is 1.53. The van der Waals surface area contributed by atoms with Crippen LogP contribution in [0.25, 0.3) is 11.3 Å². The maximum absolute atomic E-state index is 13.3. The van der Waals surface area contributed by atoms with Crippen LogP contribution in [-0.2, 0) is 16.1 Å². The maximum Gasteiger partial charge on any atom is 0.273 e. The van der Waals surface area contributed by atoms with Crippen LogP contribution in [0.3, 0.4) is 0 Å². The summed E-state index contributed by atoms with van der Waals surface area (Å²) in [6.45, 7) is 7.22. The predicted octanol–water partition coefficient (Wildman–Crippen LogP) is 3.84. The summed E-state index contributed by atoms with van der Waals surface area (Å²) in [7, 11) is 0. The molecule has 4 rings (SSSR count). The quantitative estimate of drug-likeness (QED) is 0.550. The zero-order valence-corrected chi connectivity index (χ0v) is 19.4. The highest BCUT2D eigenvalue weighted by molar-refractivity contribution is 7.14. The van der Waals surface area contributed by atoms with Crippen molar-refractivity contribution in [3.05, 3.63) is 52.9 Å². The molecule has 1 aliphatic rings. The first-order valence-corrected chi connectivity index (χ1v) is 11.5. The van der Waals surface area contributed by atoms with Crippen molar-refractivity contribution in [3.63, 3.8) is 0 Å². The van der Waals surface area contributed by atoms with Crippen LogP contribution in [0.4, 0.5) is 15.2 Å². The van der Waals surface area contributed by atoms with Gasteiger partial charge in [-0.25, -0.2) is 9.37 Å². The molecule has 0 saturated heterocycles. The average molecular weight is 469 g/mol. The number of carbonyl (C=O) groups excluding carboxylic acids is 2. The first kappa shape index (κ1) is 22.7. The Hall–Kier alpha value is -3.53. The molecule has 33 heavy (non-hydrogen) atoms. The summed E-state index contributed by atoms with van der Waals surface area (Å²) in [5.74, 6) is -1.49. The van der Waals surface area contributed by atoms with E-state index in [-0.39, 0.29) is 12.1 Å². The molecule has 8 nitrogen and oxygen atoms in total. The molecule has 3 aromatic rings. The molecule has 0 aliphatic carbocycles. The van der Waals surface area contributed by atoms with Gasteiger partial charge in [0.1, 0.15) is 17.6 Å². The van der Waals surface area contributed by atoms with Gasteiger partial charge in [0, 0.05) is 35.3 Å². The van der Waals surface area contributed by atoms with Crippen molar-refractivity contribution in [2.45, 2.75) is 46.2 Å². The molecule has 0 fully saturated rings. The molecule has 2 aromatic heterocycles. The summed E-state index contributed by atoms with van der Waals surface area (Å²) in [5, 5.41) is 10.8. The van der Waals surface area contributed by atoms with Gasteiger partial charge in [-0.05, 0) is 50.6 Å². The van der Waals surface area contributed by atoms with Gasteiger partial charge in [-0.15, -0.1) is 11.3 Å². The minimum atomic E-state index is -0.827. The fraction of sp³-hybridized carbons (Fsp3) is 0.304. The normalized spacial score (nSPS) is 15.6. The Morgan fingerprint density at radius 2 is 2.00 bits per heavy atom. The van der Waals surface area contributed by atoms with Crippen LogP contribution >= 0.6 is 11.3 Å². The molecule has 0 bridgehead atoms. The van der Waals surface area contributed by atoms with Crippen LogP contribution < -0.4 is 16.1 Å². The Kier molecular flexibility index (Phi) is 6.28. The number of anilines is 2. The third-order valence-electron chi connectivity index (χ3n) is 5.61. The molecular formula is C23H25FN6O2S. The fourth-order valence-corrected chi connectivity index (χ4v) is 4.66. The van der Waals surface area contributed by atoms with E-state index in [2.05, 4.69) is 46.8 Å². The lowest BCUT2D eigenvalue weighted by Crippen LogP contribution is -2.39. The smallest absolute Gasteiger partial charge is 0.273 e. The number of hydrogen-bond acceptors (Lipinski definition) is 6. The van der Waals surface area contributed by atoms with Gasteiger partial charge in [0.15, 0.2) is 5.13 Å². The van der Waals surface area contributed by atoms with Crippen LogP contribution in [0.2, 0.25) is 0 Å². The number of hydrazone groups is 1. The number of nitrogens with two attached hydrogens (primary N) is 1. The summed E-state index contributed by atoms with van der Waals surface area (Å²) >= 11 is 1.32. The monoisotopic (exact) mass is 468 g/mol. The van der Waals surface area contributed by atoms with Crippen molar-refractivity contribution in [2.75, 3.05) is 10.3 Å². The molecule has 0 spiro atoms. The molecular weight excluding hydrogens is 443 g/mol. The second-order valence-electron chi connectivity index (χ2n) is 7.92. The predicted molar refractivity (Wildman–Crippen MR) is 128 cm³/mol. The minimum absolute atomic E-state index is 0.0505. The van der Waals surface area contributed by atoms with Crippen LogP contribution in [0.15, 0.2) is 40.8 Å². The largest absolute Gasteiger partial charge is 0.368 e. The minimum Gasteiger partial charge on any atom is -0.368 e. The van der Waals surface area contributed by atoms with Crippen molar-refractivity contribution in [1.29, 1.82) is 0 Å². The molecule has 3 heterocycles. The highest BCUT2D eigenvalue weighted by Gasteiger charge is 2.35. The number of aryl methyl sites for hydroxylation is 1. The zero-order chi connectivity index (χ0) is 23.7. The Morgan fingerprint density at radius 1 is 1.27 bits per heavy atom. The molecule has 3 N–H and O–H groups in total. The summed E-state index contributed by atoms with van der Waals surface area (Å²) in [5.41, 5.74) is 10.3. The lowest BCUT2D eigenvalue weighted by molar-refractivity contribution is -0.119. The highest BCUT2D eigenvalue weighted by atomic mass is 32.1. The van der Waals surface area contributed by atoms with Gasteiger partial charge in [0.2, 0.25) is 5.91 Å². The van der Waals surface area contributed by atoms with Crippen molar-refractivity contribution < 1.29 is 14.0 Å². The van der Waals surface area contributed by atoms with E-state index in [1.165, 1.54) is 46.3 Å². The van der Waals surface area contributed by atoms with E-state index in [0.29, 0.717) is 10.8 Å². The highest BCUT2D eigenvalue weighted by Crippen LogP contribution is 2.31. The number of nitrogens with one attached hydrogen (secondary N) is 1. The fourth-order valence-electron chi connectivity index (χ4n) is 3.95. The van der Waals surface area contributed by atoms with Gasteiger partial charge in [-0.2, -0.15) is 5.10 Å². The molecule has 172 valence electrons. The van der Waals surface area contributed by atoms with Crippen LogP contribution in [-0.4, -0.2) is 33.1 Å². The van der Waals surface area contributed by atoms with Gasteiger partial charge in [0.05, 0.1) is 11.4 Å². The number of nitrogens with zero attached hydrogens (tertiary/aromatic N) is 4. The lowest BCUT2D eigenvalue weighted by Gasteiger charge is -2.20. The first-order valence-electron chi connectivity index (χ1n) is 10.6. The second-order valence-corrected chi connectivity index (χ2v) is 8.78. The van der Waals surface area contributed by atoms with Crippen molar-refractivity contribution in [3.8, 4) is 11.3 Å². The van der Waals surface area contributed by atoms with E-state index in [0.717, 1.165) is 29.9 Å². The van der Waals surface area contributed by atoms with E-state index in [9.17, 15) is 14.0 Å². The molecule has 1 unspecified atom stereocenters. The third kappa shape index (κ3) is 4.51. The number of amides is 2. The lowest BCUT2D eigenvalue weighted by atomic mass is 10.1. The third-order valence-corrected chi connectivity index (χ3v) is 6.37. The summed E-state index contributed by atoms with van der Waals surface area (Å²) in [6.07, 6.45) is 1.09. The number of rotatable bonds is 7. The van der Waals surface area contributed by atoms with Gasteiger partial charge in [0.25, 0.3) is 5.91 Å². The number of carbonyl (C=O) groups is 2. The molecule has 2 amide bonds. The maximum atomic E-state index is 13.3. The first-order chi connectivity index (χ1) is 15.8. The average Bonchev–Trinajstić information content (AvgIpc) is 3.49.